The van der Waals surface area contributed by atoms with Crippen LogP contribution in [0.15, 0.2) is 65.5 Å². The van der Waals surface area contributed by atoms with E-state index in [4.69, 9.17) is 0 Å². The van der Waals surface area contributed by atoms with Crippen LogP contribution >= 0.6 is 0 Å². The Morgan fingerprint density at radius 1 is 0.966 bits per heavy atom. The molecular weight excluding hydrogens is 368 g/mol. The van der Waals surface area contributed by atoms with Crippen molar-refractivity contribution in [3.05, 3.63) is 76.6 Å². The molecule has 0 saturated carbocycles. The van der Waals surface area contributed by atoms with Crippen LogP contribution in [0.1, 0.15) is 18.9 Å². The molecule has 0 spiro atoms. The minimum atomic E-state index is -0.537. The Morgan fingerprint density at radius 2 is 1.66 bits per heavy atom. The first-order valence-electron chi connectivity index (χ1n) is 9.30. The van der Waals surface area contributed by atoms with Crippen LogP contribution in [0, 0.1) is 6.92 Å². The maximum atomic E-state index is 12.7. The number of aryl methyl sites for hydroxylation is 1. The van der Waals surface area contributed by atoms with E-state index in [-0.39, 0.29) is 30.5 Å². The summed E-state index contributed by atoms with van der Waals surface area (Å²) >= 11 is 0. The number of hydrogen-bond donors (Lipinski definition) is 2. The summed E-state index contributed by atoms with van der Waals surface area (Å²) in [6.45, 7) is 3.38. The number of carbonyl (C=O) groups is 2. The minimum absolute atomic E-state index is 0.0915. The molecule has 0 radical (unpaired) electrons. The van der Waals surface area contributed by atoms with Crippen LogP contribution in [-0.4, -0.2) is 21.6 Å². The van der Waals surface area contributed by atoms with Gasteiger partial charge in [-0.3, -0.25) is 14.4 Å². The van der Waals surface area contributed by atoms with E-state index >= 15 is 0 Å². The monoisotopic (exact) mass is 390 g/mol. The van der Waals surface area contributed by atoms with Gasteiger partial charge in [0.15, 0.2) is 0 Å². The van der Waals surface area contributed by atoms with Crippen molar-refractivity contribution in [1.29, 1.82) is 0 Å². The average molecular weight is 390 g/mol. The second-order valence-corrected chi connectivity index (χ2v) is 6.59. The fourth-order valence-electron chi connectivity index (χ4n) is 2.70. The van der Waals surface area contributed by atoms with Gasteiger partial charge in [-0.15, -0.1) is 0 Å². The lowest BCUT2D eigenvalue weighted by molar-refractivity contribution is -0.117. The lowest BCUT2D eigenvalue weighted by Crippen LogP contribution is -2.32. The molecule has 0 saturated heterocycles. The average Bonchev–Trinajstić information content (AvgIpc) is 2.73. The fraction of sp³-hybridized carbons (Fsp3) is 0.182. The van der Waals surface area contributed by atoms with Crippen molar-refractivity contribution in [2.75, 3.05) is 10.6 Å². The van der Waals surface area contributed by atoms with Gasteiger partial charge in [0.1, 0.15) is 12.2 Å². The van der Waals surface area contributed by atoms with Crippen molar-refractivity contribution in [2.24, 2.45) is 0 Å². The number of amides is 2. The Kier molecular flexibility index (Phi) is 6.19. The maximum absolute atomic E-state index is 12.7. The van der Waals surface area contributed by atoms with Crippen LogP contribution in [-0.2, 0) is 16.1 Å². The molecule has 0 bridgehead atoms. The summed E-state index contributed by atoms with van der Waals surface area (Å²) < 4.78 is 1.07. The van der Waals surface area contributed by atoms with Gasteiger partial charge in [0, 0.05) is 17.7 Å². The molecule has 2 aromatic carbocycles. The van der Waals surface area contributed by atoms with Gasteiger partial charge in [0.05, 0.1) is 5.69 Å². The summed E-state index contributed by atoms with van der Waals surface area (Å²) in [5.41, 5.74) is 2.52. The molecule has 2 N–H and O–H groups in total. The summed E-state index contributed by atoms with van der Waals surface area (Å²) in [7, 11) is 0. The number of anilines is 2. The number of benzene rings is 2. The lowest BCUT2D eigenvalue weighted by atomic mass is 10.1. The van der Waals surface area contributed by atoms with Gasteiger partial charge in [-0.25, -0.2) is 4.68 Å². The summed E-state index contributed by atoms with van der Waals surface area (Å²) in [6, 6.07) is 18.1. The minimum Gasteiger partial charge on any atom is -0.324 e. The second-order valence-electron chi connectivity index (χ2n) is 6.59. The molecule has 0 atom stereocenters. The maximum Gasteiger partial charge on any atom is 0.291 e. The number of nitrogens with one attached hydrogen (secondary N) is 2. The smallest absolute Gasteiger partial charge is 0.291 e. The third kappa shape index (κ3) is 5.16. The molecule has 29 heavy (non-hydrogen) atoms. The Labute approximate surface area is 168 Å². The molecule has 2 amide bonds. The van der Waals surface area contributed by atoms with Crippen LogP contribution in [0.5, 0.6) is 0 Å². The van der Waals surface area contributed by atoms with Crippen molar-refractivity contribution in [2.45, 2.75) is 26.8 Å². The first kappa shape index (κ1) is 20.0. The Balaban J connectivity index is 1.92. The molecule has 3 aromatic rings. The first-order valence-corrected chi connectivity index (χ1v) is 9.30. The van der Waals surface area contributed by atoms with Gasteiger partial charge in [-0.2, -0.15) is 5.10 Å². The highest BCUT2D eigenvalue weighted by molar-refractivity contribution is 5.92. The third-order valence-electron chi connectivity index (χ3n) is 4.27. The number of carbonyl (C=O) groups excluding carboxylic acids is 2. The highest BCUT2D eigenvalue weighted by atomic mass is 16.2. The topological polar surface area (TPSA) is 93.1 Å². The van der Waals surface area contributed by atoms with Crippen LogP contribution < -0.4 is 16.2 Å². The van der Waals surface area contributed by atoms with E-state index in [0.29, 0.717) is 11.4 Å². The summed E-state index contributed by atoms with van der Waals surface area (Å²) in [5, 5.41) is 9.67. The summed E-state index contributed by atoms with van der Waals surface area (Å²) in [5.74, 6) is -0.676. The predicted molar refractivity (Wildman–Crippen MR) is 113 cm³/mol. The molecule has 0 fully saturated rings. The van der Waals surface area contributed by atoms with Gasteiger partial charge in [-0.1, -0.05) is 55.0 Å². The standard InChI is InChI=1S/C22H22N4O3/c1-3-20(27)24-19-13-18(16-7-5-4-6-8-16)25-26(22(19)29)14-21(28)23-17-11-9-15(2)10-12-17/h4-13H,3,14H2,1-2H3,(H,23,28)(H,24,27). The Morgan fingerprint density at radius 3 is 2.31 bits per heavy atom. The van der Waals surface area contributed by atoms with Crippen LogP contribution in [0.3, 0.4) is 0 Å². The normalized spacial score (nSPS) is 10.4. The molecule has 1 aromatic heterocycles. The molecule has 7 nitrogen and oxygen atoms in total. The largest absolute Gasteiger partial charge is 0.324 e. The van der Waals surface area contributed by atoms with Crippen molar-refractivity contribution in [1.82, 2.24) is 9.78 Å². The van der Waals surface area contributed by atoms with Crippen molar-refractivity contribution in [3.63, 3.8) is 0 Å². The van der Waals surface area contributed by atoms with E-state index in [2.05, 4.69) is 15.7 Å². The number of aromatic nitrogens is 2. The van der Waals surface area contributed by atoms with Crippen molar-refractivity contribution >= 4 is 23.2 Å². The van der Waals surface area contributed by atoms with Crippen LogP contribution in [0.4, 0.5) is 11.4 Å². The van der Waals surface area contributed by atoms with Crippen molar-refractivity contribution < 1.29 is 9.59 Å². The van der Waals surface area contributed by atoms with Crippen molar-refractivity contribution in [3.8, 4) is 11.3 Å². The summed E-state index contributed by atoms with van der Waals surface area (Å²) in [4.78, 5) is 37.0. The van der Waals surface area contributed by atoms with Gasteiger partial charge in [0.25, 0.3) is 5.56 Å². The summed E-state index contributed by atoms with van der Waals surface area (Å²) in [6.07, 6.45) is 0.232. The molecule has 148 valence electrons. The van der Waals surface area contributed by atoms with E-state index in [9.17, 15) is 14.4 Å². The zero-order valence-corrected chi connectivity index (χ0v) is 16.3. The van der Waals surface area contributed by atoms with Crippen LogP contribution in [0.2, 0.25) is 0 Å². The molecule has 0 unspecified atom stereocenters. The molecule has 1 heterocycles. The van der Waals surface area contributed by atoms with E-state index in [0.717, 1.165) is 15.8 Å². The number of rotatable bonds is 6. The third-order valence-corrected chi connectivity index (χ3v) is 4.27. The highest BCUT2D eigenvalue weighted by Crippen LogP contribution is 2.18. The molecule has 0 aliphatic heterocycles. The molecule has 3 rings (SSSR count). The first-order chi connectivity index (χ1) is 14.0. The van der Waals surface area contributed by atoms with Crippen LogP contribution in [0.25, 0.3) is 11.3 Å². The van der Waals surface area contributed by atoms with Gasteiger partial charge < -0.3 is 10.6 Å². The van der Waals surface area contributed by atoms with E-state index < -0.39 is 5.56 Å². The lowest BCUT2D eigenvalue weighted by Gasteiger charge is -2.12. The molecular formula is C22H22N4O3. The van der Waals surface area contributed by atoms with E-state index in [1.807, 2.05) is 49.4 Å². The zero-order chi connectivity index (χ0) is 20.8. The zero-order valence-electron chi connectivity index (χ0n) is 16.3. The van der Waals surface area contributed by atoms with Gasteiger partial charge in [0.2, 0.25) is 11.8 Å². The number of hydrogen-bond acceptors (Lipinski definition) is 4. The van der Waals surface area contributed by atoms with E-state index in [1.165, 1.54) is 6.07 Å². The SMILES string of the molecule is CCC(=O)Nc1cc(-c2ccccc2)nn(CC(=O)Nc2ccc(C)cc2)c1=O. The molecule has 0 aliphatic carbocycles. The number of nitrogens with zero attached hydrogens (tertiary/aromatic N) is 2. The van der Waals surface area contributed by atoms with E-state index in [1.54, 1.807) is 19.1 Å². The quantitative estimate of drug-likeness (QED) is 0.676. The van der Waals surface area contributed by atoms with Gasteiger partial charge >= 0.3 is 0 Å². The second kappa shape index (κ2) is 8.97. The predicted octanol–water partition coefficient (Wildman–Crippen LogP) is 3.21. The Hall–Kier alpha value is -3.74. The fourth-order valence-corrected chi connectivity index (χ4v) is 2.70. The molecule has 0 aliphatic rings. The van der Waals surface area contributed by atoms with Gasteiger partial charge in [-0.05, 0) is 25.1 Å². The Bertz CT molecular complexity index is 1070. The highest BCUT2D eigenvalue weighted by Gasteiger charge is 2.14. The molecule has 7 heteroatoms.